The fourth-order valence-corrected chi connectivity index (χ4v) is 2.13. The molecule has 0 saturated heterocycles. The summed E-state index contributed by atoms with van der Waals surface area (Å²) in [4.78, 5) is 17.9. The van der Waals surface area contributed by atoms with Crippen LogP contribution in [-0.2, 0) is 4.57 Å². The van der Waals surface area contributed by atoms with E-state index in [4.69, 9.17) is 9.79 Å². The summed E-state index contributed by atoms with van der Waals surface area (Å²) < 4.78 is 10.9. The molecule has 0 heterocycles. The Labute approximate surface area is 73.7 Å². The molecule has 0 aliphatic carbocycles. The molecule has 0 radical (unpaired) electrons. The lowest BCUT2D eigenvalue weighted by molar-refractivity contribution is 0.376. The predicted molar refractivity (Wildman–Crippen MR) is 49.8 cm³/mol. The van der Waals surface area contributed by atoms with E-state index < -0.39 is 7.60 Å². The summed E-state index contributed by atoms with van der Waals surface area (Å²) in [6.07, 6.45) is 1.64. The van der Waals surface area contributed by atoms with Crippen LogP contribution in [-0.4, -0.2) is 9.79 Å². The van der Waals surface area contributed by atoms with E-state index >= 15 is 0 Å². The van der Waals surface area contributed by atoms with Gasteiger partial charge in [0.1, 0.15) is 0 Å². The second-order valence-electron chi connectivity index (χ2n) is 3.53. The van der Waals surface area contributed by atoms with Gasteiger partial charge >= 0.3 is 7.60 Å². The quantitative estimate of drug-likeness (QED) is 0.675. The highest BCUT2D eigenvalue weighted by molar-refractivity contribution is 7.56. The van der Waals surface area contributed by atoms with Gasteiger partial charge in [0.25, 0.3) is 0 Å². The van der Waals surface area contributed by atoms with E-state index in [1.165, 1.54) is 0 Å². The molecule has 0 aromatic heterocycles. The van der Waals surface area contributed by atoms with Crippen LogP contribution in [0.3, 0.4) is 0 Å². The Balaban J connectivity index is 4.81. The van der Waals surface area contributed by atoms with E-state index in [0.29, 0.717) is 0 Å². The van der Waals surface area contributed by atoms with E-state index in [0.717, 1.165) is 0 Å². The molecule has 0 unspecified atom stereocenters. The van der Waals surface area contributed by atoms with Crippen LogP contribution in [0.4, 0.5) is 0 Å². The maximum atomic E-state index is 10.9. The van der Waals surface area contributed by atoms with Crippen LogP contribution in [0.1, 0.15) is 27.7 Å². The summed E-state index contributed by atoms with van der Waals surface area (Å²) in [7, 11) is -4.02. The molecule has 0 spiro atoms. The molecule has 0 aromatic rings. The Morgan fingerprint density at radius 1 is 1.25 bits per heavy atom. The molecular weight excluding hydrogens is 175 g/mol. The first-order valence-electron chi connectivity index (χ1n) is 4.03. The number of allylic oxidation sites excluding steroid dienone is 2. The standard InChI is InChI=1S/C8H17O3P/c1-6(2)5-8(7(3)4)12(9,10)11/h5-7H,1-4H3,(H2,9,10,11). The van der Waals surface area contributed by atoms with Gasteiger partial charge < -0.3 is 9.79 Å². The van der Waals surface area contributed by atoms with Gasteiger partial charge in [0.15, 0.2) is 0 Å². The van der Waals surface area contributed by atoms with Gasteiger partial charge in [-0.15, -0.1) is 0 Å². The molecule has 0 saturated carbocycles. The Kier molecular flexibility index (Phi) is 4.18. The number of hydrogen-bond donors (Lipinski definition) is 2. The lowest BCUT2D eigenvalue weighted by Gasteiger charge is -2.13. The highest BCUT2D eigenvalue weighted by Gasteiger charge is 2.23. The van der Waals surface area contributed by atoms with Crippen molar-refractivity contribution in [2.45, 2.75) is 27.7 Å². The van der Waals surface area contributed by atoms with Crippen molar-refractivity contribution >= 4 is 7.60 Å². The molecule has 0 rings (SSSR count). The van der Waals surface area contributed by atoms with Gasteiger partial charge in [0.05, 0.1) is 0 Å². The Morgan fingerprint density at radius 2 is 1.67 bits per heavy atom. The summed E-state index contributed by atoms with van der Waals surface area (Å²) >= 11 is 0. The monoisotopic (exact) mass is 192 g/mol. The average Bonchev–Trinajstić information content (AvgIpc) is 1.79. The molecule has 0 aromatic carbocycles. The van der Waals surface area contributed by atoms with Crippen LogP contribution in [0.2, 0.25) is 0 Å². The lowest BCUT2D eigenvalue weighted by Crippen LogP contribution is -1.97. The molecule has 0 atom stereocenters. The van der Waals surface area contributed by atoms with Crippen molar-refractivity contribution < 1.29 is 14.4 Å². The van der Waals surface area contributed by atoms with Gasteiger partial charge in [-0.25, -0.2) is 0 Å². The first-order chi connectivity index (χ1) is 5.25. The topological polar surface area (TPSA) is 57.5 Å². The zero-order valence-electron chi connectivity index (χ0n) is 7.98. The van der Waals surface area contributed by atoms with Gasteiger partial charge in [-0.3, -0.25) is 4.57 Å². The van der Waals surface area contributed by atoms with Crippen molar-refractivity contribution in [3.05, 3.63) is 11.4 Å². The third-order valence-corrected chi connectivity index (χ3v) is 2.77. The Bertz CT molecular complexity index is 212. The summed E-state index contributed by atoms with van der Waals surface area (Å²) in [6, 6.07) is 0. The van der Waals surface area contributed by atoms with Gasteiger partial charge in [-0.05, 0) is 11.8 Å². The molecule has 2 N–H and O–H groups in total. The van der Waals surface area contributed by atoms with Gasteiger partial charge in [0, 0.05) is 5.31 Å². The lowest BCUT2D eigenvalue weighted by atomic mass is 10.1. The number of hydrogen-bond acceptors (Lipinski definition) is 1. The molecule has 4 heteroatoms. The molecule has 0 bridgehead atoms. The zero-order chi connectivity index (χ0) is 9.94. The Hall–Kier alpha value is -0.110. The SMILES string of the molecule is CC(C)C=C(C(C)C)P(=O)(O)O. The van der Waals surface area contributed by atoms with Crippen molar-refractivity contribution in [1.82, 2.24) is 0 Å². The second-order valence-corrected chi connectivity index (χ2v) is 5.14. The van der Waals surface area contributed by atoms with E-state index in [2.05, 4.69) is 0 Å². The summed E-state index contributed by atoms with van der Waals surface area (Å²) in [5.74, 6) is 0.0864. The van der Waals surface area contributed by atoms with E-state index in [1.807, 2.05) is 13.8 Å². The molecule has 0 aliphatic heterocycles. The minimum absolute atomic E-state index is 0.0896. The molecule has 3 nitrogen and oxygen atoms in total. The molecule has 0 fully saturated rings. The van der Waals surface area contributed by atoms with E-state index in [-0.39, 0.29) is 17.2 Å². The molecule has 0 aliphatic rings. The van der Waals surface area contributed by atoms with E-state index in [9.17, 15) is 4.57 Å². The van der Waals surface area contributed by atoms with Crippen LogP contribution >= 0.6 is 7.60 Å². The first kappa shape index (κ1) is 11.9. The maximum Gasteiger partial charge on any atom is 0.352 e. The zero-order valence-corrected chi connectivity index (χ0v) is 8.88. The summed E-state index contributed by atoms with van der Waals surface area (Å²) in [5.41, 5.74) is 0. The van der Waals surface area contributed by atoms with Crippen LogP contribution in [0.15, 0.2) is 11.4 Å². The first-order valence-corrected chi connectivity index (χ1v) is 5.64. The van der Waals surface area contributed by atoms with Crippen molar-refractivity contribution in [3.63, 3.8) is 0 Å². The molecule has 72 valence electrons. The van der Waals surface area contributed by atoms with Crippen LogP contribution in [0.5, 0.6) is 0 Å². The van der Waals surface area contributed by atoms with Gasteiger partial charge in [-0.1, -0.05) is 33.8 Å². The summed E-state index contributed by atoms with van der Waals surface area (Å²) in [5, 5.41) is 0.248. The number of rotatable bonds is 3. The van der Waals surface area contributed by atoms with Crippen LogP contribution in [0.25, 0.3) is 0 Å². The van der Waals surface area contributed by atoms with Crippen molar-refractivity contribution in [1.29, 1.82) is 0 Å². The molecular formula is C8H17O3P. The van der Waals surface area contributed by atoms with Crippen LogP contribution in [0, 0.1) is 11.8 Å². The fourth-order valence-electron chi connectivity index (χ4n) is 0.967. The fraction of sp³-hybridized carbons (Fsp3) is 0.750. The minimum atomic E-state index is -4.02. The van der Waals surface area contributed by atoms with Crippen molar-refractivity contribution in [2.24, 2.45) is 11.8 Å². The largest absolute Gasteiger partial charge is 0.352 e. The minimum Gasteiger partial charge on any atom is -0.321 e. The predicted octanol–water partition coefficient (Wildman–Crippen LogP) is 2.36. The average molecular weight is 192 g/mol. The molecule has 12 heavy (non-hydrogen) atoms. The molecule has 0 amide bonds. The second kappa shape index (κ2) is 4.22. The van der Waals surface area contributed by atoms with Crippen molar-refractivity contribution in [2.75, 3.05) is 0 Å². The smallest absolute Gasteiger partial charge is 0.321 e. The third-order valence-electron chi connectivity index (χ3n) is 1.43. The van der Waals surface area contributed by atoms with Gasteiger partial charge in [0.2, 0.25) is 0 Å². The Morgan fingerprint density at radius 3 is 1.75 bits per heavy atom. The van der Waals surface area contributed by atoms with Crippen molar-refractivity contribution in [3.8, 4) is 0 Å². The maximum absolute atomic E-state index is 10.9. The van der Waals surface area contributed by atoms with E-state index in [1.54, 1.807) is 19.9 Å². The summed E-state index contributed by atoms with van der Waals surface area (Å²) in [6.45, 7) is 7.37. The highest BCUT2D eigenvalue weighted by Crippen LogP contribution is 2.49. The normalized spacial score (nSPS) is 14.5. The van der Waals surface area contributed by atoms with Crippen LogP contribution < -0.4 is 0 Å². The third kappa shape index (κ3) is 4.05. The van der Waals surface area contributed by atoms with Gasteiger partial charge in [-0.2, -0.15) is 0 Å². The highest BCUT2D eigenvalue weighted by atomic mass is 31.2.